The molecule has 182 valence electrons. The van der Waals surface area contributed by atoms with Crippen LogP contribution in [0.15, 0.2) is 116 Å². The SMILES string of the molecule is Cc1ccc(Oc2ccc(N3C(=S)N[C@H](c4ccccn4)[C@H]3c3cccn3-c3ccccn3)cc2)cc1. The molecule has 1 fully saturated rings. The molecule has 0 bridgehead atoms. The first-order valence-corrected chi connectivity index (χ1v) is 12.5. The van der Waals surface area contributed by atoms with Crippen LogP contribution >= 0.6 is 12.2 Å². The Balaban J connectivity index is 1.38. The van der Waals surface area contributed by atoms with Gasteiger partial charge in [0, 0.05) is 30.0 Å². The van der Waals surface area contributed by atoms with Gasteiger partial charge in [0.2, 0.25) is 0 Å². The van der Waals surface area contributed by atoms with Crippen LogP contribution in [0.2, 0.25) is 0 Å². The van der Waals surface area contributed by atoms with Crippen molar-refractivity contribution < 1.29 is 4.74 Å². The predicted octanol–water partition coefficient (Wildman–Crippen LogP) is 6.55. The van der Waals surface area contributed by atoms with E-state index in [2.05, 4.69) is 37.7 Å². The van der Waals surface area contributed by atoms with Crippen molar-refractivity contribution in [1.29, 1.82) is 0 Å². The minimum Gasteiger partial charge on any atom is -0.457 e. The van der Waals surface area contributed by atoms with Crippen molar-refractivity contribution >= 4 is 23.0 Å². The van der Waals surface area contributed by atoms with E-state index in [1.54, 1.807) is 6.20 Å². The summed E-state index contributed by atoms with van der Waals surface area (Å²) in [4.78, 5) is 11.4. The van der Waals surface area contributed by atoms with Crippen LogP contribution < -0.4 is 15.0 Å². The van der Waals surface area contributed by atoms with Gasteiger partial charge in [-0.1, -0.05) is 29.8 Å². The van der Waals surface area contributed by atoms with Crippen molar-refractivity contribution in [3.63, 3.8) is 0 Å². The van der Waals surface area contributed by atoms with Gasteiger partial charge in [-0.2, -0.15) is 0 Å². The molecule has 6 rings (SSSR count). The number of nitrogens with zero attached hydrogens (tertiary/aromatic N) is 4. The molecule has 4 heterocycles. The fourth-order valence-electron chi connectivity index (χ4n) is 4.69. The Bertz CT molecular complexity index is 1500. The van der Waals surface area contributed by atoms with Gasteiger partial charge in [0.1, 0.15) is 23.4 Å². The fourth-order valence-corrected chi connectivity index (χ4v) is 5.04. The molecule has 6 nitrogen and oxygen atoms in total. The fraction of sp³-hybridized carbons (Fsp3) is 0.100. The summed E-state index contributed by atoms with van der Waals surface area (Å²) in [5, 5.41) is 4.17. The van der Waals surface area contributed by atoms with Gasteiger partial charge in [0.05, 0.1) is 11.7 Å². The third-order valence-electron chi connectivity index (χ3n) is 6.45. The molecule has 5 aromatic rings. The van der Waals surface area contributed by atoms with E-state index in [-0.39, 0.29) is 12.1 Å². The molecule has 2 atom stereocenters. The van der Waals surface area contributed by atoms with E-state index >= 15 is 0 Å². The number of hydrogen-bond donors (Lipinski definition) is 1. The molecule has 1 aliphatic rings. The van der Waals surface area contributed by atoms with E-state index in [0.29, 0.717) is 5.11 Å². The zero-order valence-electron chi connectivity index (χ0n) is 20.2. The number of pyridine rings is 2. The summed E-state index contributed by atoms with van der Waals surface area (Å²) in [7, 11) is 0. The van der Waals surface area contributed by atoms with Crippen molar-refractivity contribution in [3.05, 3.63) is 133 Å². The largest absolute Gasteiger partial charge is 0.457 e. The molecule has 0 aliphatic carbocycles. The molecule has 1 saturated heterocycles. The molecule has 0 unspecified atom stereocenters. The van der Waals surface area contributed by atoms with Gasteiger partial charge in [-0.25, -0.2) is 4.98 Å². The summed E-state index contributed by atoms with van der Waals surface area (Å²) in [6.45, 7) is 2.06. The van der Waals surface area contributed by atoms with Gasteiger partial charge in [-0.05, 0) is 91.9 Å². The van der Waals surface area contributed by atoms with E-state index < -0.39 is 0 Å². The Morgan fingerprint density at radius 1 is 0.784 bits per heavy atom. The second-order valence-corrected chi connectivity index (χ2v) is 9.28. The van der Waals surface area contributed by atoms with Gasteiger partial charge >= 0.3 is 0 Å². The van der Waals surface area contributed by atoms with Gasteiger partial charge < -0.3 is 19.5 Å². The highest BCUT2D eigenvalue weighted by Crippen LogP contribution is 2.42. The van der Waals surface area contributed by atoms with Crippen molar-refractivity contribution in [1.82, 2.24) is 19.9 Å². The zero-order valence-corrected chi connectivity index (χ0v) is 21.0. The number of nitrogens with one attached hydrogen (secondary N) is 1. The van der Waals surface area contributed by atoms with Gasteiger partial charge in [0.25, 0.3) is 0 Å². The van der Waals surface area contributed by atoms with Gasteiger partial charge in [0.15, 0.2) is 5.11 Å². The quantitative estimate of drug-likeness (QED) is 0.265. The van der Waals surface area contributed by atoms with Crippen LogP contribution in [0.4, 0.5) is 5.69 Å². The zero-order chi connectivity index (χ0) is 25.2. The first-order valence-electron chi connectivity index (χ1n) is 12.1. The van der Waals surface area contributed by atoms with Crippen LogP contribution in [0.25, 0.3) is 5.82 Å². The number of aryl methyl sites for hydroxylation is 1. The van der Waals surface area contributed by atoms with Crippen LogP contribution in [-0.2, 0) is 0 Å². The maximum Gasteiger partial charge on any atom is 0.174 e. The molecule has 37 heavy (non-hydrogen) atoms. The molecule has 7 heteroatoms. The summed E-state index contributed by atoms with van der Waals surface area (Å²) in [6, 6.07) is 31.8. The lowest BCUT2D eigenvalue weighted by atomic mass is 10.0. The number of ether oxygens (including phenoxy) is 1. The molecular weight excluding hydrogens is 478 g/mol. The summed E-state index contributed by atoms with van der Waals surface area (Å²) in [5.41, 5.74) is 4.14. The second-order valence-electron chi connectivity index (χ2n) is 8.90. The first kappa shape index (κ1) is 22.9. The molecule has 1 aliphatic heterocycles. The lowest BCUT2D eigenvalue weighted by Gasteiger charge is -2.29. The number of anilines is 1. The Kier molecular flexibility index (Phi) is 6.12. The Morgan fingerprint density at radius 2 is 1.49 bits per heavy atom. The summed E-state index contributed by atoms with van der Waals surface area (Å²) in [5.74, 6) is 2.42. The van der Waals surface area contributed by atoms with Crippen LogP contribution in [0, 0.1) is 6.92 Å². The third kappa shape index (κ3) is 4.57. The monoisotopic (exact) mass is 503 g/mol. The lowest BCUT2D eigenvalue weighted by Crippen LogP contribution is -2.30. The molecular formula is C30H25N5OS. The average molecular weight is 504 g/mol. The van der Waals surface area contributed by atoms with Crippen LogP contribution in [-0.4, -0.2) is 19.6 Å². The molecule has 0 spiro atoms. The maximum absolute atomic E-state index is 6.05. The molecule has 0 amide bonds. The number of rotatable bonds is 6. The van der Waals surface area contributed by atoms with Crippen molar-refractivity contribution in [3.8, 4) is 17.3 Å². The smallest absolute Gasteiger partial charge is 0.174 e. The van der Waals surface area contributed by atoms with Crippen molar-refractivity contribution in [2.75, 3.05) is 4.90 Å². The van der Waals surface area contributed by atoms with E-state index in [9.17, 15) is 0 Å². The molecule has 0 radical (unpaired) electrons. The summed E-state index contributed by atoms with van der Waals surface area (Å²) in [6.07, 6.45) is 5.65. The van der Waals surface area contributed by atoms with E-state index in [1.807, 2.05) is 103 Å². The maximum atomic E-state index is 6.05. The molecule has 1 N–H and O–H groups in total. The second kappa shape index (κ2) is 9.87. The minimum absolute atomic E-state index is 0.144. The Labute approximate surface area is 221 Å². The van der Waals surface area contributed by atoms with Crippen LogP contribution in [0.3, 0.4) is 0 Å². The molecule has 0 saturated carbocycles. The third-order valence-corrected chi connectivity index (χ3v) is 6.76. The van der Waals surface area contributed by atoms with E-state index in [0.717, 1.165) is 34.4 Å². The lowest BCUT2D eigenvalue weighted by molar-refractivity contribution is 0.482. The number of hydrogen-bond acceptors (Lipinski definition) is 4. The van der Waals surface area contributed by atoms with Crippen LogP contribution in [0.5, 0.6) is 11.5 Å². The van der Waals surface area contributed by atoms with Crippen molar-refractivity contribution in [2.24, 2.45) is 0 Å². The average Bonchev–Trinajstić information content (AvgIpc) is 3.56. The normalized spacial score (nSPS) is 17.0. The topological polar surface area (TPSA) is 55.2 Å². The molecule has 2 aromatic carbocycles. The van der Waals surface area contributed by atoms with Gasteiger partial charge in [-0.15, -0.1) is 0 Å². The van der Waals surface area contributed by atoms with E-state index in [4.69, 9.17) is 17.0 Å². The summed E-state index contributed by atoms with van der Waals surface area (Å²) >= 11 is 5.89. The van der Waals surface area contributed by atoms with Crippen LogP contribution in [0.1, 0.15) is 29.0 Å². The minimum atomic E-state index is -0.150. The highest BCUT2D eigenvalue weighted by atomic mass is 32.1. The highest BCUT2D eigenvalue weighted by molar-refractivity contribution is 7.80. The Morgan fingerprint density at radius 3 is 2.16 bits per heavy atom. The predicted molar refractivity (Wildman–Crippen MR) is 149 cm³/mol. The highest BCUT2D eigenvalue weighted by Gasteiger charge is 2.42. The van der Waals surface area contributed by atoms with E-state index in [1.165, 1.54) is 5.56 Å². The number of aromatic nitrogens is 3. The van der Waals surface area contributed by atoms with Crippen molar-refractivity contribution in [2.45, 2.75) is 19.0 Å². The summed E-state index contributed by atoms with van der Waals surface area (Å²) < 4.78 is 8.16. The number of thiocarbonyl (C=S) groups is 1. The Hall–Kier alpha value is -4.49. The standard InChI is InChI=1S/C30H25N5OS/c1-21-10-14-23(15-11-21)36-24-16-12-22(13-17-24)35-29(28(33-30(35)37)25-7-2-4-18-31-25)26-8-6-20-34(26)27-9-3-5-19-32-27/h2-20,28-29H,1H3,(H,33,37)/t28-,29-/m1/s1. The van der Waals surface area contributed by atoms with Gasteiger partial charge in [-0.3, -0.25) is 4.98 Å². The number of benzene rings is 2. The first-order chi connectivity index (χ1) is 18.2. The molecule has 3 aromatic heterocycles.